The molecule has 2 rings (SSSR count). The minimum atomic E-state index is -0.0663. The lowest BCUT2D eigenvalue weighted by Crippen LogP contribution is -1.95. The molecule has 0 fully saturated rings. The van der Waals surface area contributed by atoms with Gasteiger partial charge in [-0.15, -0.1) is 0 Å². The summed E-state index contributed by atoms with van der Waals surface area (Å²) in [4.78, 5) is 7.36. The smallest absolute Gasteiger partial charge is 0.181 e. The van der Waals surface area contributed by atoms with E-state index in [1.54, 1.807) is 0 Å². The maximum absolute atomic E-state index is 8.97. The van der Waals surface area contributed by atoms with Crippen LogP contribution in [-0.4, -0.2) is 15.1 Å². The van der Waals surface area contributed by atoms with Crippen LogP contribution in [0, 0.1) is 6.92 Å². The van der Waals surface area contributed by atoms with Gasteiger partial charge in [-0.3, -0.25) is 0 Å². The third-order valence-corrected chi connectivity index (χ3v) is 2.18. The van der Waals surface area contributed by atoms with Crippen molar-refractivity contribution in [1.82, 2.24) is 9.97 Å². The van der Waals surface area contributed by atoms with Gasteiger partial charge in [-0.05, 0) is 25.6 Å². The molecule has 0 aliphatic carbocycles. The summed E-state index contributed by atoms with van der Waals surface area (Å²) in [6, 6.07) is 7.59. The number of aliphatic hydroxyl groups is 1. The molecule has 0 unspecified atom stereocenters. The lowest BCUT2D eigenvalue weighted by Gasteiger charge is -2.04. The second-order valence-electron chi connectivity index (χ2n) is 3.52. The molecule has 0 saturated carbocycles. The first kappa shape index (κ1) is 10.3. The normalized spacial score (nSPS) is 10.1. The van der Waals surface area contributed by atoms with Crippen LogP contribution in [0.3, 0.4) is 0 Å². The van der Waals surface area contributed by atoms with Crippen molar-refractivity contribution in [2.24, 2.45) is 0 Å². The topological polar surface area (TPSA) is 60.9 Å². The van der Waals surface area contributed by atoms with Crippen LogP contribution in [0.4, 0.5) is 5.69 Å². The molecule has 3 N–H and O–H groups in total. The lowest BCUT2D eigenvalue weighted by molar-refractivity contribution is 0.422. The van der Waals surface area contributed by atoms with Gasteiger partial charge >= 0.3 is 0 Å². The van der Waals surface area contributed by atoms with Crippen LogP contribution in [0.25, 0.3) is 11.3 Å². The van der Waals surface area contributed by atoms with Crippen molar-refractivity contribution >= 4 is 5.69 Å². The Balaban J connectivity index is 2.22. The van der Waals surface area contributed by atoms with Gasteiger partial charge in [-0.25, -0.2) is 4.98 Å². The fourth-order valence-electron chi connectivity index (χ4n) is 1.46. The van der Waals surface area contributed by atoms with Gasteiger partial charge < -0.3 is 15.4 Å². The van der Waals surface area contributed by atoms with Crippen LogP contribution < -0.4 is 5.32 Å². The second kappa shape index (κ2) is 4.10. The molecule has 1 aromatic carbocycles. The molecule has 0 bridgehead atoms. The highest BCUT2D eigenvalue weighted by atomic mass is 16.3. The quantitative estimate of drug-likeness (QED) is 0.690. The van der Waals surface area contributed by atoms with Gasteiger partial charge in [0.25, 0.3) is 0 Å². The first-order chi connectivity index (χ1) is 7.65. The number of aliphatic hydroxyl groups excluding tert-OH is 1. The van der Waals surface area contributed by atoms with Crippen LogP contribution in [0.15, 0.2) is 42.9 Å². The third-order valence-electron chi connectivity index (χ3n) is 2.18. The van der Waals surface area contributed by atoms with E-state index in [0.29, 0.717) is 0 Å². The molecule has 0 amide bonds. The number of aromatic amines is 1. The number of benzene rings is 1. The zero-order chi connectivity index (χ0) is 11.5. The number of rotatable bonds is 3. The molecule has 2 aromatic rings. The molecule has 0 radical (unpaired) electrons. The van der Waals surface area contributed by atoms with E-state index in [9.17, 15) is 0 Å². The zero-order valence-electron chi connectivity index (χ0n) is 8.99. The van der Waals surface area contributed by atoms with Crippen LogP contribution in [-0.2, 0) is 0 Å². The molecule has 4 nitrogen and oxygen atoms in total. The molecule has 0 spiro atoms. The van der Waals surface area contributed by atoms with Gasteiger partial charge in [-0.1, -0.05) is 12.1 Å². The minimum Gasteiger partial charge on any atom is -0.495 e. The number of hydrogen-bond donors (Lipinski definition) is 3. The van der Waals surface area contributed by atoms with Crippen molar-refractivity contribution in [3.63, 3.8) is 0 Å². The van der Waals surface area contributed by atoms with Crippen LogP contribution in [0.2, 0.25) is 0 Å². The maximum atomic E-state index is 8.97. The molecule has 1 heterocycles. The Labute approximate surface area is 93.7 Å². The highest BCUT2D eigenvalue weighted by Crippen LogP contribution is 2.19. The van der Waals surface area contributed by atoms with E-state index in [0.717, 1.165) is 22.8 Å². The lowest BCUT2D eigenvalue weighted by atomic mass is 10.1. The Hall–Kier alpha value is -2.23. The van der Waals surface area contributed by atoms with E-state index in [1.165, 1.54) is 0 Å². The Bertz CT molecular complexity index is 499. The fraction of sp³-hybridized carbons (Fsp3) is 0.0833. The summed E-state index contributed by atoms with van der Waals surface area (Å²) in [7, 11) is 0. The summed E-state index contributed by atoms with van der Waals surface area (Å²) in [5.74, 6) is 0.823. The van der Waals surface area contributed by atoms with E-state index >= 15 is 0 Å². The van der Waals surface area contributed by atoms with Crippen molar-refractivity contribution in [2.75, 3.05) is 5.32 Å². The van der Waals surface area contributed by atoms with Crippen molar-refractivity contribution in [1.29, 1.82) is 0 Å². The monoisotopic (exact) mass is 215 g/mol. The van der Waals surface area contributed by atoms with Crippen LogP contribution >= 0.6 is 0 Å². The second-order valence-corrected chi connectivity index (χ2v) is 3.52. The van der Waals surface area contributed by atoms with Gasteiger partial charge in [0.1, 0.15) is 5.82 Å². The van der Waals surface area contributed by atoms with E-state index in [-0.39, 0.29) is 5.88 Å². The van der Waals surface area contributed by atoms with E-state index < -0.39 is 0 Å². The summed E-state index contributed by atoms with van der Waals surface area (Å²) >= 11 is 0. The molecule has 0 saturated heterocycles. The third kappa shape index (κ3) is 2.23. The standard InChI is InChI=1S/C12H13N3O/c1-8-13-7-12(14-8)10-3-5-11(6-4-10)15-9(2)16/h3-7,15-16H,2H2,1H3,(H,13,14). The molecular formula is C12H13N3O. The first-order valence-corrected chi connectivity index (χ1v) is 4.92. The summed E-state index contributed by atoms with van der Waals surface area (Å²) in [6.07, 6.45) is 1.86. The number of nitrogens with zero attached hydrogens (tertiary/aromatic N) is 1. The average Bonchev–Trinajstić information content (AvgIpc) is 2.65. The van der Waals surface area contributed by atoms with Gasteiger partial charge in [0.15, 0.2) is 5.88 Å². The van der Waals surface area contributed by atoms with E-state index in [2.05, 4.69) is 21.9 Å². The SMILES string of the molecule is C=C(O)Nc1ccc(-c2c[nH]c(C)n2)cc1. The molecule has 4 heteroatoms. The number of nitrogens with one attached hydrogen (secondary N) is 2. The Morgan fingerprint density at radius 1 is 1.38 bits per heavy atom. The molecule has 0 aliphatic rings. The number of aryl methyl sites for hydroxylation is 1. The van der Waals surface area contributed by atoms with Crippen LogP contribution in [0.5, 0.6) is 0 Å². The Morgan fingerprint density at radius 2 is 2.06 bits per heavy atom. The number of hydrogen-bond acceptors (Lipinski definition) is 3. The Kier molecular flexibility index (Phi) is 2.64. The highest BCUT2D eigenvalue weighted by molar-refractivity contribution is 5.62. The van der Waals surface area contributed by atoms with Crippen molar-refractivity contribution in [3.05, 3.63) is 48.7 Å². The summed E-state index contributed by atoms with van der Waals surface area (Å²) < 4.78 is 0. The summed E-state index contributed by atoms with van der Waals surface area (Å²) in [5, 5.41) is 11.7. The van der Waals surface area contributed by atoms with E-state index in [4.69, 9.17) is 5.11 Å². The molecule has 16 heavy (non-hydrogen) atoms. The van der Waals surface area contributed by atoms with Crippen molar-refractivity contribution in [2.45, 2.75) is 6.92 Å². The van der Waals surface area contributed by atoms with Gasteiger partial charge in [-0.2, -0.15) is 0 Å². The number of anilines is 1. The van der Waals surface area contributed by atoms with Gasteiger partial charge in [0.2, 0.25) is 0 Å². The molecule has 0 aliphatic heterocycles. The maximum Gasteiger partial charge on any atom is 0.181 e. The predicted molar refractivity (Wildman–Crippen MR) is 64.2 cm³/mol. The highest BCUT2D eigenvalue weighted by Gasteiger charge is 2.01. The Morgan fingerprint density at radius 3 is 2.56 bits per heavy atom. The number of imidazole rings is 1. The molecule has 1 aromatic heterocycles. The number of aromatic nitrogens is 2. The van der Waals surface area contributed by atoms with Gasteiger partial charge in [0, 0.05) is 17.4 Å². The zero-order valence-corrected chi connectivity index (χ0v) is 8.99. The van der Waals surface area contributed by atoms with Crippen molar-refractivity contribution < 1.29 is 5.11 Å². The van der Waals surface area contributed by atoms with Crippen molar-refractivity contribution in [3.8, 4) is 11.3 Å². The first-order valence-electron chi connectivity index (χ1n) is 4.92. The van der Waals surface area contributed by atoms with Gasteiger partial charge in [0.05, 0.1) is 5.69 Å². The van der Waals surface area contributed by atoms with Crippen LogP contribution in [0.1, 0.15) is 5.82 Å². The largest absolute Gasteiger partial charge is 0.495 e. The summed E-state index contributed by atoms with van der Waals surface area (Å²) in [6.45, 7) is 5.27. The molecular weight excluding hydrogens is 202 g/mol. The molecule has 0 atom stereocenters. The molecule has 82 valence electrons. The number of H-pyrrole nitrogens is 1. The fourth-order valence-corrected chi connectivity index (χ4v) is 1.46. The average molecular weight is 215 g/mol. The summed E-state index contributed by atoms with van der Waals surface area (Å²) in [5.41, 5.74) is 2.73. The predicted octanol–water partition coefficient (Wildman–Crippen LogP) is 2.83. The van der Waals surface area contributed by atoms with E-state index in [1.807, 2.05) is 37.4 Å². The minimum absolute atomic E-state index is 0.0663.